The molecule has 5 nitrogen and oxygen atoms in total. The lowest BCUT2D eigenvalue weighted by Crippen LogP contribution is -2.38. The fourth-order valence-corrected chi connectivity index (χ4v) is 2.88. The summed E-state index contributed by atoms with van der Waals surface area (Å²) >= 11 is 1.68. The summed E-state index contributed by atoms with van der Waals surface area (Å²) < 4.78 is 19.0. The molecular formula is C17H23FN4OS. The fourth-order valence-electron chi connectivity index (χ4n) is 2.03. The first-order valence-electron chi connectivity index (χ1n) is 7.78. The van der Waals surface area contributed by atoms with E-state index in [4.69, 9.17) is 4.42 Å². The van der Waals surface area contributed by atoms with Crippen LogP contribution in [0.15, 0.2) is 33.7 Å². The first-order chi connectivity index (χ1) is 11.6. The SMILES string of the molecule is CN=C(NCCSCc1ccccc1F)NCc1nc(C)c(C)o1. The van der Waals surface area contributed by atoms with E-state index in [0.717, 1.165) is 29.3 Å². The molecule has 0 aliphatic carbocycles. The van der Waals surface area contributed by atoms with E-state index in [-0.39, 0.29) is 5.82 Å². The molecule has 0 bridgehead atoms. The van der Waals surface area contributed by atoms with Crippen LogP contribution in [0.3, 0.4) is 0 Å². The zero-order valence-corrected chi connectivity index (χ0v) is 15.0. The van der Waals surface area contributed by atoms with Gasteiger partial charge in [-0.15, -0.1) is 0 Å². The highest BCUT2D eigenvalue weighted by molar-refractivity contribution is 7.98. The Balaban J connectivity index is 1.65. The number of rotatable bonds is 7. The van der Waals surface area contributed by atoms with Crippen molar-refractivity contribution in [3.8, 4) is 0 Å². The minimum atomic E-state index is -0.146. The molecule has 0 saturated heterocycles. The van der Waals surface area contributed by atoms with Crippen LogP contribution in [0.25, 0.3) is 0 Å². The minimum absolute atomic E-state index is 0.146. The number of hydrogen-bond donors (Lipinski definition) is 2. The van der Waals surface area contributed by atoms with Gasteiger partial charge in [0.15, 0.2) is 5.96 Å². The molecule has 0 spiro atoms. The van der Waals surface area contributed by atoms with Crippen LogP contribution in [0, 0.1) is 19.7 Å². The topological polar surface area (TPSA) is 62.5 Å². The fraction of sp³-hybridized carbons (Fsp3) is 0.412. The Morgan fingerprint density at radius 3 is 2.75 bits per heavy atom. The van der Waals surface area contributed by atoms with Crippen LogP contribution in [0.5, 0.6) is 0 Å². The molecule has 0 atom stereocenters. The summed E-state index contributed by atoms with van der Waals surface area (Å²) in [7, 11) is 1.72. The third kappa shape index (κ3) is 5.56. The van der Waals surface area contributed by atoms with Crippen molar-refractivity contribution in [2.45, 2.75) is 26.1 Å². The molecule has 130 valence electrons. The van der Waals surface area contributed by atoms with Crippen LogP contribution < -0.4 is 10.6 Å². The number of thioether (sulfide) groups is 1. The maximum Gasteiger partial charge on any atom is 0.214 e. The summed E-state index contributed by atoms with van der Waals surface area (Å²) in [6.45, 7) is 5.03. The molecule has 0 unspecified atom stereocenters. The maximum atomic E-state index is 13.5. The monoisotopic (exact) mass is 350 g/mol. The Morgan fingerprint density at radius 2 is 2.08 bits per heavy atom. The van der Waals surface area contributed by atoms with Gasteiger partial charge in [0.1, 0.15) is 11.6 Å². The number of halogens is 1. The molecule has 2 N–H and O–H groups in total. The molecule has 1 aromatic carbocycles. The Labute approximate surface area is 146 Å². The second-order valence-corrected chi connectivity index (χ2v) is 6.35. The molecular weight excluding hydrogens is 327 g/mol. The highest BCUT2D eigenvalue weighted by atomic mass is 32.2. The number of nitrogens with zero attached hydrogens (tertiary/aromatic N) is 2. The third-order valence-corrected chi connectivity index (χ3v) is 4.47. The highest BCUT2D eigenvalue weighted by Crippen LogP contribution is 2.14. The normalized spacial score (nSPS) is 11.6. The quantitative estimate of drug-likeness (QED) is 0.457. The van der Waals surface area contributed by atoms with Crippen molar-refractivity contribution < 1.29 is 8.81 Å². The van der Waals surface area contributed by atoms with Gasteiger partial charge in [-0.25, -0.2) is 9.37 Å². The molecule has 0 aliphatic rings. The lowest BCUT2D eigenvalue weighted by Gasteiger charge is -2.10. The van der Waals surface area contributed by atoms with Crippen molar-refractivity contribution in [3.05, 3.63) is 53.0 Å². The molecule has 0 fully saturated rings. The number of oxazole rings is 1. The van der Waals surface area contributed by atoms with Crippen LogP contribution in [-0.2, 0) is 12.3 Å². The van der Waals surface area contributed by atoms with Crippen LogP contribution >= 0.6 is 11.8 Å². The second-order valence-electron chi connectivity index (χ2n) is 5.25. The average molecular weight is 350 g/mol. The number of guanidine groups is 1. The zero-order valence-electron chi connectivity index (χ0n) is 14.2. The highest BCUT2D eigenvalue weighted by Gasteiger charge is 2.06. The van der Waals surface area contributed by atoms with E-state index in [1.807, 2.05) is 26.0 Å². The van der Waals surface area contributed by atoms with Crippen LogP contribution in [-0.4, -0.2) is 30.3 Å². The lowest BCUT2D eigenvalue weighted by molar-refractivity contribution is 0.464. The van der Waals surface area contributed by atoms with E-state index in [9.17, 15) is 4.39 Å². The van der Waals surface area contributed by atoms with Crippen molar-refractivity contribution in [3.63, 3.8) is 0 Å². The van der Waals surface area contributed by atoms with Gasteiger partial charge in [0, 0.05) is 25.1 Å². The molecule has 2 rings (SSSR count). The van der Waals surface area contributed by atoms with Gasteiger partial charge in [-0.3, -0.25) is 4.99 Å². The lowest BCUT2D eigenvalue weighted by atomic mass is 10.2. The number of aromatic nitrogens is 1. The number of aliphatic imine (C=N–C) groups is 1. The second kappa shape index (κ2) is 9.32. The van der Waals surface area contributed by atoms with Crippen LogP contribution in [0.4, 0.5) is 4.39 Å². The van der Waals surface area contributed by atoms with Gasteiger partial charge < -0.3 is 15.1 Å². The first kappa shape index (κ1) is 18.3. The summed E-state index contributed by atoms with van der Waals surface area (Å²) in [5.41, 5.74) is 1.64. The van der Waals surface area contributed by atoms with Gasteiger partial charge in [-0.1, -0.05) is 18.2 Å². The van der Waals surface area contributed by atoms with Crippen molar-refractivity contribution >= 4 is 17.7 Å². The van der Waals surface area contributed by atoms with Gasteiger partial charge in [0.05, 0.1) is 12.2 Å². The third-order valence-electron chi connectivity index (χ3n) is 3.46. The van der Waals surface area contributed by atoms with Crippen molar-refractivity contribution in [1.82, 2.24) is 15.6 Å². The summed E-state index contributed by atoms with van der Waals surface area (Å²) in [6, 6.07) is 6.87. The van der Waals surface area contributed by atoms with E-state index in [1.165, 1.54) is 6.07 Å². The summed E-state index contributed by atoms with van der Waals surface area (Å²) in [5.74, 6) is 3.53. The molecule has 24 heavy (non-hydrogen) atoms. The predicted octanol–water partition coefficient (Wildman–Crippen LogP) is 3.03. The number of nitrogens with one attached hydrogen (secondary N) is 2. The molecule has 0 radical (unpaired) electrons. The molecule has 0 amide bonds. The van der Waals surface area contributed by atoms with E-state index < -0.39 is 0 Å². The molecule has 7 heteroatoms. The van der Waals surface area contributed by atoms with E-state index >= 15 is 0 Å². The average Bonchev–Trinajstić information content (AvgIpc) is 2.90. The smallest absolute Gasteiger partial charge is 0.214 e. The summed E-state index contributed by atoms with van der Waals surface area (Å²) in [4.78, 5) is 8.47. The number of aryl methyl sites for hydroxylation is 2. The van der Waals surface area contributed by atoms with E-state index in [0.29, 0.717) is 24.1 Å². The van der Waals surface area contributed by atoms with Crippen molar-refractivity contribution in [2.24, 2.45) is 4.99 Å². The van der Waals surface area contributed by atoms with Crippen LogP contribution in [0.1, 0.15) is 22.9 Å². The Bertz CT molecular complexity index is 667. The predicted molar refractivity (Wildman–Crippen MR) is 96.7 cm³/mol. The van der Waals surface area contributed by atoms with Gasteiger partial charge >= 0.3 is 0 Å². The first-order valence-corrected chi connectivity index (χ1v) is 8.94. The van der Waals surface area contributed by atoms with Gasteiger partial charge in [0.2, 0.25) is 5.89 Å². The van der Waals surface area contributed by atoms with Crippen LogP contribution in [0.2, 0.25) is 0 Å². The molecule has 1 aromatic heterocycles. The summed E-state index contributed by atoms with van der Waals surface area (Å²) in [6.07, 6.45) is 0. The van der Waals surface area contributed by atoms with Gasteiger partial charge in [-0.2, -0.15) is 11.8 Å². The van der Waals surface area contributed by atoms with Crippen molar-refractivity contribution in [2.75, 3.05) is 19.3 Å². The zero-order chi connectivity index (χ0) is 17.4. The Hall–Kier alpha value is -2.02. The Kier molecular flexibility index (Phi) is 7.11. The number of hydrogen-bond acceptors (Lipinski definition) is 4. The van der Waals surface area contributed by atoms with E-state index in [1.54, 1.807) is 24.9 Å². The number of benzene rings is 1. The van der Waals surface area contributed by atoms with Crippen molar-refractivity contribution in [1.29, 1.82) is 0 Å². The molecule has 0 aliphatic heterocycles. The minimum Gasteiger partial charge on any atom is -0.444 e. The molecule has 2 aromatic rings. The largest absolute Gasteiger partial charge is 0.444 e. The Morgan fingerprint density at radius 1 is 1.29 bits per heavy atom. The summed E-state index contributed by atoms with van der Waals surface area (Å²) in [5, 5.41) is 6.37. The maximum absolute atomic E-state index is 13.5. The standard InChI is InChI=1S/C17H23FN4OS/c1-12-13(2)23-16(22-12)10-21-17(19-3)20-8-9-24-11-14-6-4-5-7-15(14)18/h4-7H,8-11H2,1-3H3,(H2,19,20,21). The van der Waals surface area contributed by atoms with Gasteiger partial charge in [-0.05, 0) is 25.5 Å². The van der Waals surface area contributed by atoms with Gasteiger partial charge in [0.25, 0.3) is 0 Å². The molecule has 1 heterocycles. The van der Waals surface area contributed by atoms with E-state index in [2.05, 4.69) is 20.6 Å². The molecule has 0 saturated carbocycles.